The van der Waals surface area contributed by atoms with Gasteiger partial charge in [0.1, 0.15) is 0 Å². The molecule has 1 aromatic rings. The molecule has 0 saturated carbocycles. The van der Waals surface area contributed by atoms with Crippen molar-refractivity contribution in [1.82, 2.24) is 0 Å². The Morgan fingerprint density at radius 3 is 2.10 bits per heavy atom. The lowest BCUT2D eigenvalue weighted by molar-refractivity contribution is -0.394. The molecular formula is C13H16N2O6. The fourth-order valence-corrected chi connectivity index (χ4v) is 1.70. The summed E-state index contributed by atoms with van der Waals surface area (Å²) in [5, 5.41) is 21.4. The van der Waals surface area contributed by atoms with Crippen LogP contribution in [0.3, 0.4) is 0 Å². The molecule has 0 unspecified atom stereocenters. The van der Waals surface area contributed by atoms with E-state index in [-0.39, 0.29) is 12.2 Å². The maximum absolute atomic E-state index is 11.8. The van der Waals surface area contributed by atoms with Crippen molar-refractivity contribution in [3.63, 3.8) is 0 Å². The maximum atomic E-state index is 11.8. The second kappa shape index (κ2) is 7.93. The van der Waals surface area contributed by atoms with E-state index in [2.05, 4.69) is 0 Å². The summed E-state index contributed by atoms with van der Waals surface area (Å²) in [6.07, 6.45) is 3.68. The number of benzene rings is 1. The molecule has 0 aliphatic heterocycles. The Morgan fingerprint density at radius 2 is 1.62 bits per heavy atom. The van der Waals surface area contributed by atoms with Crippen LogP contribution in [-0.2, 0) is 4.74 Å². The Morgan fingerprint density at radius 1 is 1.05 bits per heavy atom. The van der Waals surface area contributed by atoms with Crippen LogP contribution < -0.4 is 0 Å². The number of nitro groups is 2. The van der Waals surface area contributed by atoms with Crippen LogP contribution in [0.1, 0.15) is 43.0 Å². The van der Waals surface area contributed by atoms with Gasteiger partial charge in [0.05, 0.1) is 28.1 Å². The first-order chi connectivity index (χ1) is 9.95. The molecule has 0 radical (unpaired) electrons. The number of unbranched alkanes of at least 4 members (excludes halogenated alkanes) is 3. The lowest BCUT2D eigenvalue weighted by Gasteiger charge is -2.04. The number of nitrogens with zero attached hydrogens (tertiary/aromatic N) is 2. The summed E-state index contributed by atoms with van der Waals surface area (Å²) in [5.74, 6) is -0.793. The molecular weight excluding hydrogens is 280 g/mol. The molecule has 0 aliphatic carbocycles. The maximum Gasteiger partial charge on any atom is 0.338 e. The standard InChI is InChI=1S/C13H16N2O6/c1-2-3-4-5-6-21-13(16)10-7-11(14(17)18)9-12(8-10)15(19)20/h7-9H,2-6H2,1H3. The van der Waals surface area contributed by atoms with Crippen LogP contribution in [-0.4, -0.2) is 22.4 Å². The summed E-state index contributed by atoms with van der Waals surface area (Å²) in [7, 11) is 0. The van der Waals surface area contributed by atoms with Crippen LogP contribution >= 0.6 is 0 Å². The van der Waals surface area contributed by atoms with Crippen molar-refractivity contribution in [2.45, 2.75) is 32.6 Å². The zero-order chi connectivity index (χ0) is 15.8. The highest BCUT2D eigenvalue weighted by atomic mass is 16.6. The van der Waals surface area contributed by atoms with Crippen LogP contribution in [0.15, 0.2) is 18.2 Å². The summed E-state index contributed by atoms with van der Waals surface area (Å²) >= 11 is 0. The van der Waals surface area contributed by atoms with Gasteiger partial charge in [-0.3, -0.25) is 20.2 Å². The number of carbonyl (C=O) groups excluding carboxylic acids is 1. The van der Waals surface area contributed by atoms with Gasteiger partial charge in [0, 0.05) is 12.1 Å². The van der Waals surface area contributed by atoms with Crippen molar-refractivity contribution in [3.05, 3.63) is 44.0 Å². The first kappa shape index (κ1) is 16.5. The number of hydrogen-bond donors (Lipinski definition) is 0. The lowest BCUT2D eigenvalue weighted by Crippen LogP contribution is -2.08. The molecule has 1 rings (SSSR count). The smallest absolute Gasteiger partial charge is 0.338 e. The molecule has 0 saturated heterocycles. The van der Waals surface area contributed by atoms with Gasteiger partial charge in [0.25, 0.3) is 11.4 Å². The predicted octanol–water partition coefficient (Wildman–Crippen LogP) is 3.24. The molecule has 114 valence electrons. The summed E-state index contributed by atoms with van der Waals surface area (Å²) in [6, 6.07) is 2.75. The largest absolute Gasteiger partial charge is 0.462 e. The third-order valence-electron chi connectivity index (χ3n) is 2.79. The Balaban J connectivity index is 2.78. The average Bonchev–Trinajstić information content (AvgIpc) is 2.46. The number of rotatable bonds is 8. The Kier molecular flexibility index (Phi) is 6.25. The van der Waals surface area contributed by atoms with E-state index >= 15 is 0 Å². The molecule has 0 atom stereocenters. The summed E-state index contributed by atoms with van der Waals surface area (Å²) in [6.45, 7) is 2.24. The lowest BCUT2D eigenvalue weighted by atomic mass is 10.1. The quantitative estimate of drug-likeness (QED) is 0.315. The van der Waals surface area contributed by atoms with Crippen molar-refractivity contribution in [2.24, 2.45) is 0 Å². The minimum absolute atomic E-state index is 0.189. The molecule has 0 N–H and O–H groups in total. The van der Waals surface area contributed by atoms with Crippen LogP contribution in [0.25, 0.3) is 0 Å². The van der Waals surface area contributed by atoms with E-state index in [4.69, 9.17) is 4.74 Å². The van der Waals surface area contributed by atoms with E-state index in [1.54, 1.807) is 0 Å². The number of esters is 1. The van der Waals surface area contributed by atoms with Crippen molar-refractivity contribution >= 4 is 17.3 Å². The van der Waals surface area contributed by atoms with E-state index in [1.165, 1.54) is 0 Å². The van der Waals surface area contributed by atoms with Crippen molar-refractivity contribution in [2.75, 3.05) is 6.61 Å². The van der Waals surface area contributed by atoms with Crippen LogP contribution in [0, 0.1) is 20.2 Å². The highest BCUT2D eigenvalue weighted by molar-refractivity contribution is 5.91. The van der Waals surface area contributed by atoms with E-state index < -0.39 is 27.2 Å². The highest BCUT2D eigenvalue weighted by Crippen LogP contribution is 2.23. The molecule has 8 heteroatoms. The molecule has 21 heavy (non-hydrogen) atoms. The SMILES string of the molecule is CCCCCCOC(=O)c1cc([N+](=O)[O-])cc([N+](=O)[O-])c1. The minimum atomic E-state index is -0.793. The van der Waals surface area contributed by atoms with Gasteiger partial charge in [-0.2, -0.15) is 0 Å². The van der Waals surface area contributed by atoms with Gasteiger partial charge in [-0.05, 0) is 6.42 Å². The average molecular weight is 296 g/mol. The van der Waals surface area contributed by atoms with Crippen LogP contribution in [0.4, 0.5) is 11.4 Å². The number of non-ortho nitro benzene ring substituents is 2. The van der Waals surface area contributed by atoms with E-state index in [1.807, 2.05) is 6.92 Å². The first-order valence-corrected chi connectivity index (χ1v) is 6.56. The second-order valence-corrected chi connectivity index (χ2v) is 4.45. The molecule has 8 nitrogen and oxygen atoms in total. The zero-order valence-corrected chi connectivity index (χ0v) is 11.6. The van der Waals surface area contributed by atoms with Crippen molar-refractivity contribution in [1.29, 1.82) is 0 Å². The van der Waals surface area contributed by atoms with Gasteiger partial charge >= 0.3 is 5.97 Å². The van der Waals surface area contributed by atoms with E-state index in [0.29, 0.717) is 6.42 Å². The van der Waals surface area contributed by atoms with Gasteiger partial charge < -0.3 is 4.74 Å². The molecule has 1 aromatic carbocycles. The van der Waals surface area contributed by atoms with E-state index in [0.717, 1.165) is 37.5 Å². The molecule has 0 fully saturated rings. The Bertz CT molecular complexity index is 511. The van der Waals surface area contributed by atoms with Gasteiger partial charge in [-0.1, -0.05) is 26.2 Å². The fourth-order valence-electron chi connectivity index (χ4n) is 1.70. The third kappa shape index (κ3) is 5.17. The molecule has 0 bridgehead atoms. The van der Waals surface area contributed by atoms with Crippen molar-refractivity contribution < 1.29 is 19.4 Å². The summed E-state index contributed by atoms with van der Waals surface area (Å²) in [5.41, 5.74) is -1.21. The van der Waals surface area contributed by atoms with Crippen LogP contribution in [0.2, 0.25) is 0 Å². The normalized spacial score (nSPS) is 10.1. The number of ether oxygens (including phenoxy) is 1. The van der Waals surface area contributed by atoms with E-state index in [9.17, 15) is 25.0 Å². The molecule has 0 spiro atoms. The minimum Gasteiger partial charge on any atom is -0.462 e. The third-order valence-corrected chi connectivity index (χ3v) is 2.79. The molecule has 0 heterocycles. The van der Waals surface area contributed by atoms with Gasteiger partial charge in [0.2, 0.25) is 0 Å². The van der Waals surface area contributed by atoms with Crippen LogP contribution in [0.5, 0.6) is 0 Å². The zero-order valence-electron chi connectivity index (χ0n) is 11.6. The first-order valence-electron chi connectivity index (χ1n) is 6.56. The predicted molar refractivity (Wildman–Crippen MR) is 74.2 cm³/mol. The number of hydrogen-bond acceptors (Lipinski definition) is 6. The Hall–Kier alpha value is -2.51. The molecule has 0 aromatic heterocycles. The Labute approximate surface area is 121 Å². The number of nitro benzene ring substituents is 2. The topological polar surface area (TPSA) is 113 Å². The monoisotopic (exact) mass is 296 g/mol. The van der Waals surface area contributed by atoms with Gasteiger partial charge in [-0.25, -0.2) is 4.79 Å². The second-order valence-electron chi connectivity index (χ2n) is 4.45. The summed E-state index contributed by atoms with van der Waals surface area (Å²) < 4.78 is 4.96. The molecule has 0 aliphatic rings. The highest BCUT2D eigenvalue weighted by Gasteiger charge is 2.20. The molecule has 0 amide bonds. The number of carbonyl (C=O) groups is 1. The summed E-state index contributed by atoms with van der Waals surface area (Å²) in [4.78, 5) is 31.6. The van der Waals surface area contributed by atoms with Gasteiger partial charge in [-0.15, -0.1) is 0 Å². The fraction of sp³-hybridized carbons (Fsp3) is 0.462. The van der Waals surface area contributed by atoms with Gasteiger partial charge in [0.15, 0.2) is 0 Å². The van der Waals surface area contributed by atoms with Crippen molar-refractivity contribution in [3.8, 4) is 0 Å².